The summed E-state index contributed by atoms with van der Waals surface area (Å²) in [6.45, 7) is 6.43. The number of benzene rings is 2. The molecule has 0 fully saturated rings. The maximum Gasteiger partial charge on any atom is 0.132 e. The van der Waals surface area contributed by atoms with Crippen LogP contribution in [0.2, 0.25) is 0 Å². The molecule has 4 aromatic rings. The summed E-state index contributed by atoms with van der Waals surface area (Å²) in [6, 6.07) is 12.9. The van der Waals surface area contributed by atoms with Gasteiger partial charge in [-0.3, -0.25) is 15.0 Å². The third kappa shape index (κ3) is 4.25. The number of aromatic amines is 1. The Kier molecular flexibility index (Phi) is 5.75. The summed E-state index contributed by atoms with van der Waals surface area (Å²) in [5.74, 6) is 0.198. The van der Waals surface area contributed by atoms with Crippen LogP contribution in [0, 0.1) is 5.82 Å². The maximum atomic E-state index is 14.8. The van der Waals surface area contributed by atoms with Crippen molar-refractivity contribution in [1.29, 1.82) is 0 Å². The number of rotatable bonds is 1. The van der Waals surface area contributed by atoms with Crippen molar-refractivity contribution in [2.75, 3.05) is 26.4 Å². The summed E-state index contributed by atoms with van der Waals surface area (Å²) in [5.41, 5.74) is 5.05. The van der Waals surface area contributed by atoms with Crippen molar-refractivity contribution < 1.29 is 19.0 Å². The second-order valence-electron chi connectivity index (χ2n) is 10.1. The number of nitrogens with one attached hydrogen (secondary N) is 1. The SMILES string of the molecule is CC(C)(O)C1Cc2ccc3cc2CN1CCOCCOc1ccc(F)c(c1)-c1cc2c-3n[nH]c2cn1. The Balaban J connectivity index is 1.47. The van der Waals surface area contributed by atoms with Crippen LogP contribution in [0.5, 0.6) is 5.75 Å². The lowest BCUT2D eigenvalue weighted by atomic mass is 9.84. The van der Waals surface area contributed by atoms with Crippen LogP contribution >= 0.6 is 0 Å². The summed E-state index contributed by atoms with van der Waals surface area (Å²) in [4.78, 5) is 6.78. The van der Waals surface area contributed by atoms with E-state index in [9.17, 15) is 9.50 Å². The fourth-order valence-corrected chi connectivity index (χ4v) is 5.29. The zero-order chi connectivity index (χ0) is 24.9. The molecule has 0 amide bonds. The highest BCUT2D eigenvalue weighted by Crippen LogP contribution is 2.35. The van der Waals surface area contributed by atoms with Gasteiger partial charge in [-0.25, -0.2) is 4.39 Å². The first-order valence-electron chi connectivity index (χ1n) is 12.3. The second kappa shape index (κ2) is 8.96. The van der Waals surface area contributed by atoms with E-state index in [0.29, 0.717) is 49.9 Å². The van der Waals surface area contributed by atoms with Gasteiger partial charge in [-0.05, 0) is 61.7 Å². The fourth-order valence-electron chi connectivity index (χ4n) is 5.29. The zero-order valence-corrected chi connectivity index (χ0v) is 20.4. The average molecular weight is 489 g/mol. The number of nitrogens with zero attached hydrogens (tertiary/aromatic N) is 3. The molecule has 2 aliphatic heterocycles. The van der Waals surface area contributed by atoms with Gasteiger partial charge in [-0.2, -0.15) is 5.10 Å². The van der Waals surface area contributed by atoms with E-state index < -0.39 is 5.60 Å². The number of aromatic nitrogens is 3. The highest BCUT2D eigenvalue weighted by Gasteiger charge is 2.36. The third-order valence-electron chi connectivity index (χ3n) is 7.20. The summed E-state index contributed by atoms with van der Waals surface area (Å²) in [7, 11) is 0. The predicted molar refractivity (Wildman–Crippen MR) is 135 cm³/mol. The van der Waals surface area contributed by atoms with Crippen LogP contribution < -0.4 is 4.74 Å². The Morgan fingerprint density at radius 3 is 2.83 bits per heavy atom. The van der Waals surface area contributed by atoms with Crippen molar-refractivity contribution in [2.24, 2.45) is 0 Å². The van der Waals surface area contributed by atoms with Gasteiger partial charge in [-0.15, -0.1) is 0 Å². The number of hydrogen-bond acceptors (Lipinski definition) is 6. The Hall–Kier alpha value is -3.33. The standard InChI is InChI=1S/C28H29FN4O3/c1-28(2,34)26-12-17-3-4-18-11-19(17)16-33(26)7-8-35-9-10-36-20-5-6-23(29)21(13-20)24-14-22-25(15-30-24)31-32-27(18)22/h3-6,11,13-15,26,34H,7-10,12,16H2,1-2H3,(H,31,32). The fraction of sp³-hybridized carbons (Fsp3) is 0.357. The van der Waals surface area contributed by atoms with Gasteiger partial charge in [0.1, 0.15) is 23.9 Å². The van der Waals surface area contributed by atoms with E-state index in [4.69, 9.17) is 9.47 Å². The van der Waals surface area contributed by atoms with Crippen LogP contribution in [0.15, 0.2) is 48.7 Å². The molecule has 8 heteroatoms. The van der Waals surface area contributed by atoms with Gasteiger partial charge < -0.3 is 14.6 Å². The lowest BCUT2D eigenvalue weighted by Gasteiger charge is -2.43. The largest absolute Gasteiger partial charge is 0.491 e. The summed E-state index contributed by atoms with van der Waals surface area (Å²) in [6.07, 6.45) is 2.44. The number of halogens is 1. The number of fused-ring (bicyclic) bond motifs is 7. The van der Waals surface area contributed by atoms with Gasteiger partial charge in [0.2, 0.25) is 0 Å². The first kappa shape index (κ1) is 23.1. The van der Waals surface area contributed by atoms with E-state index in [1.165, 1.54) is 17.2 Å². The van der Waals surface area contributed by atoms with Crippen molar-refractivity contribution in [3.63, 3.8) is 0 Å². The van der Waals surface area contributed by atoms with Crippen molar-refractivity contribution in [1.82, 2.24) is 20.1 Å². The van der Waals surface area contributed by atoms with Gasteiger partial charge in [0.25, 0.3) is 0 Å². The molecule has 2 aromatic carbocycles. The van der Waals surface area contributed by atoms with Crippen LogP contribution in [0.3, 0.4) is 0 Å². The van der Waals surface area contributed by atoms with E-state index >= 15 is 0 Å². The molecule has 4 heterocycles. The van der Waals surface area contributed by atoms with Crippen LogP contribution in [0.4, 0.5) is 4.39 Å². The molecule has 7 bridgehead atoms. The predicted octanol–water partition coefficient (Wildman–Crippen LogP) is 4.34. The molecule has 2 unspecified atom stereocenters. The highest BCUT2D eigenvalue weighted by atomic mass is 19.1. The molecule has 0 saturated carbocycles. The number of aliphatic hydroxyl groups is 1. The third-order valence-corrected chi connectivity index (χ3v) is 7.20. The zero-order valence-electron chi connectivity index (χ0n) is 20.4. The molecule has 2 aliphatic rings. The van der Waals surface area contributed by atoms with Gasteiger partial charge in [0.05, 0.1) is 36.2 Å². The van der Waals surface area contributed by atoms with E-state index in [-0.39, 0.29) is 11.9 Å². The van der Waals surface area contributed by atoms with E-state index in [0.717, 1.165) is 28.6 Å². The molecule has 6 rings (SSSR count). The Morgan fingerprint density at radius 1 is 1.08 bits per heavy atom. The van der Waals surface area contributed by atoms with Crippen molar-refractivity contribution >= 4 is 10.9 Å². The quantitative estimate of drug-likeness (QED) is 0.415. The molecular formula is C28H29FN4O3. The van der Waals surface area contributed by atoms with E-state index in [1.54, 1.807) is 18.3 Å². The lowest BCUT2D eigenvalue weighted by molar-refractivity contribution is -0.0384. The molecule has 36 heavy (non-hydrogen) atoms. The maximum absolute atomic E-state index is 14.8. The number of hydrogen-bond donors (Lipinski definition) is 2. The molecule has 186 valence electrons. The number of H-pyrrole nitrogens is 1. The minimum absolute atomic E-state index is 0.0150. The Morgan fingerprint density at radius 2 is 1.97 bits per heavy atom. The lowest BCUT2D eigenvalue weighted by Crippen LogP contribution is -2.53. The molecule has 2 N–H and O–H groups in total. The minimum Gasteiger partial charge on any atom is -0.491 e. The van der Waals surface area contributed by atoms with Crippen LogP contribution in [0.1, 0.15) is 25.0 Å². The van der Waals surface area contributed by atoms with Crippen LogP contribution in [0.25, 0.3) is 33.4 Å². The Labute approximate surface area is 208 Å². The monoisotopic (exact) mass is 488 g/mol. The summed E-state index contributed by atoms with van der Waals surface area (Å²) < 4.78 is 26.5. The molecule has 0 saturated heterocycles. The molecule has 7 nitrogen and oxygen atoms in total. The van der Waals surface area contributed by atoms with Crippen molar-refractivity contribution in [3.05, 3.63) is 65.6 Å². The van der Waals surface area contributed by atoms with E-state index in [1.807, 2.05) is 19.9 Å². The first-order chi connectivity index (χ1) is 17.4. The first-order valence-corrected chi connectivity index (χ1v) is 12.3. The number of ether oxygens (including phenoxy) is 2. The van der Waals surface area contributed by atoms with Gasteiger partial charge in [-0.1, -0.05) is 12.1 Å². The summed E-state index contributed by atoms with van der Waals surface area (Å²) in [5, 5.41) is 19.4. The van der Waals surface area contributed by atoms with Crippen LogP contribution in [-0.2, 0) is 17.7 Å². The van der Waals surface area contributed by atoms with Gasteiger partial charge in [0.15, 0.2) is 0 Å². The van der Waals surface area contributed by atoms with Gasteiger partial charge in [0, 0.05) is 35.6 Å². The smallest absolute Gasteiger partial charge is 0.132 e. The van der Waals surface area contributed by atoms with Crippen molar-refractivity contribution in [3.8, 4) is 28.3 Å². The van der Waals surface area contributed by atoms with Gasteiger partial charge >= 0.3 is 0 Å². The molecule has 0 aliphatic carbocycles. The average Bonchev–Trinajstić information content (AvgIpc) is 3.28. The number of pyridine rings is 1. The molecule has 2 atom stereocenters. The summed E-state index contributed by atoms with van der Waals surface area (Å²) >= 11 is 0. The molecule has 0 spiro atoms. The van der Waals surface area contributed by atoms with E-state index in [2.05, 4.69) is 38.3 Å². The second-order valence-corrected chi connectivity index (χ2v) is 10.1. The molecule has 0 radical (unpaired) electrons. The topological polar surface area (TPSA) is 83.5 Å². The molecule has 2 aromatic heterocycles. The highest BCUT2D eigenvalue weighted by molar-refractivity contribution is 5.94. The normalized spacial score (nSPS) is 20.2. The Bertz CT molecular complexity index is 1430. The molecular weight excluding hydrogens is 459 g/mol. The van der Waals surface area contributed by atoms with Crippen LogP contribution in [-0.4, -0.2) is 63.2 Å². The van der Waals surface area contributed by atoms with Crippen molar-refractivity contribution in [2.45, 2.75) is 38.5 Å². The minimum atomic E-state index is -0.849.